The number of ether oxygens (including phenoxy) is 1. The van der Waals surface area contributed by atoms with Crippen LogP contribution in [0.4, 0.5) is 0 Å². The van der Waals surface area contributed by atoms with E-state index in [9.17, 15) is 4.79 Å². The average Bonchev–Trinajstić information content (AvgIpc) is 2.92. The molecule has 0 radical (unpaired) electrons. The largest absolute Gasteiger partial charge is 0.479 e. The van der Waals surface area contributed by atoms with Crippen molar-refractivity contribution in [2.75, 3.05) is 26.7 Å². The Morgan fingerprint density at radius 1 is 0.756 bits per heavy atom. The zero-order valence-electron chi connectivity index (χ0n) is 27.7. The van der Waals surface area contributed by atoms with Crippen molar-refractivity contribution in [2.45, 2.75) is 156 Å². The summed E-state index contributed by atoms with van der Waals surface area (Å²) in [6.07, 6.45) is 25.0. The van der Waals surface area contributed by atoms with Crippen molar-refractivity contribution in [3.05, 3.63) is 28.8 Å². The third kappa shape index (κ3) is 24.2. The molecule has 0 aliphatic rings. The molecule has 4 nitrogen and oxygen atoms in total. The van der Waals surface area contributed by atoms with Crippen LogP contribution < -0.4 is 4.74 Å². The zero-order valence-corrected chi connectivity index (χ0v) is 29.2. The van der Waals surface area contributed by atoms with Crippen molar-refractivity contribution in [3.8, 4) is 5.75 Å². The van der Waals surface area contributed by atoms with Crippen molar-refractivity contribution in [1.82, 2.24) is 0 Å². The summed E-state index contributed by atoms with van der Waals surface area (Å²) < 4.78 is 6.56. The lowest BCUT2D eigenvalue weighted by molar-refractivity contribution is -0.910. The summed E-state index contributed by atoms with van der Waals surface area (Å²) in [5, 5.41) is 9.25. The van der Waals surface area contributed by atoms with Gasteiger partial charge in [0.15, 0.2) is 6.10 Å². The van der Waals surface area contributed by atoms with Crippen LogP contribution in [0.15, 0.2) is 18.2 Å². The summed E-state index contributed by atoms with van der Waals surface area (Å²) in [7, 11) is 2.56. The fourth-order valence-corrected chi connectivity index (χ4v) is 5.37. The van der Waals surface area contributed by atoms with E-state index >= 15 is 0 Å². The third-order valence-electron chi connectivity index (χ3n) is 7.94. The molecule has 1 atom stereocenters. The summed E-state index contributed by atoms with van der Waals surface area (Å²) in [6.45, 7) is 14.5. The average molecular weight is 620 g/mol. The van der Waals surface area contributed by atoms with E-state index < -0.39 is 12.1 Å². The van der Waals surface area contributed by atoms with Crippen molar-refractivity contribution >= 4 is 30.0 Å². The van der Waals surface area contributed by atoms with Crippen LogP contribution in [0.25, 0.3) is 0 Å². The van der Waals surface area contributed by atoms with Crippen molar-refractivity contribution in [1.29, 1.82) is 0 Å². The van der Waals surface area contributed by atoms with Gasteiger partial charge in [0.05, 0.1) is 26.7 Å². The molecule has 0 amide bonds. The Bertz CT molecular complexity index is 703. The lowest BCUT2D eigenvalue weighted by Gasteiger charge is -2.35. The van der Waals surface area contributed by atoms with Crippen LogP contribution in [0, 0.1) is 6.92 Å². The standard InChI is InChI=1S/C25H54N.C10H11ClO3.ClH/c1-5-8-11-14-17-20-23-26(4,24-21-18-15-12-9-6-2)25-22-19-16-13-10-7-3;1-6-5-8(11)3-4-9(6)14-7(2)10(12)13;/h5-25H2,1-4H3;3-5,7H,1-2H3,(H,12,13);1H/q+1;;. The van der Waals surface area contributed by atoms with Gasteiger partial charge >= 0.3 is 5.97 Å². The first-order valence-electron chi connectivity index (χ1n) is 16.7. The van der Waals surface area contributed by atoms with Crippen LogP contribution in [0.5, 0.6) is 5.75 Å². The summed E-state index contributed by atoms with van der Waals surface area (Å²) >= 11 is 5.74. The number of unbranched alkanes of at least 4 members (excludes halogenated alkanes) is 15. The smallest absolute Gasteiger partial charge is 0.344 e. The van der Waals surface area contributed by atoms with Crippen LogP contribution in [-0.2, 0) is 4.79 Å². The van der Waals surface area contributed by atoms with Crippen LogP contribution in [-0.4, -0.2) is 48.3 Å². The Balaban J connectivity index is 0. The first-order valence-corrected chi connectivity index (χ1v) is 17.1. The molecule has 1 unspecified atom stereocenters. The monoisotopic (exact) mass is 618 g/mol. The molecule has 242 valence electrons. The number of hydrogen-bond acceptors (Lipinski definition) is 2. The number of quaternary nitrogens is 1. The molecular formula is C35H66Cl2NO3+. The highest BCUT2D eigenvalue weighted by Gasteiger charge is 2.20. The second-order valence-electron chi connectivity index (χ2n) is 12.1. The highest BCUT2D eigenvalue weighted by molar-refractivity contribution is 6.30. The fourth-order valence-electron chi connectivity index (χ4n) is 5.14. The van der Waals surface area contributed by atoms with Gasteiger partial charge in [-0.1, -0.05) is 109 Å². The Kier molecular flexibility index (Phi) is 28.6. The van der Waals surface area contributed by atoms with E-state index in [-0.39, 0.29) is 12.4 Å². The maximum Gasteiger partial charge on any atom is 0.344 e. The molecule has 1 aromatic rings. The molecule has 0 aliphatic heterocycles. The second-order valence-corrected chi connectivity index (χ2v) is 12.5. The topological polar surface area (TPSA) is 46.5 Å². The van der Waals surface area contributed by atoms with Crippen LogP contribution in [0.2, 0.25) is 5.02 Å². The number of carboxylic acid groups (broad SMARTS) is 1. The molecule has 6 heteroatoms. The van der Waals surface area contributed by atoms with Crippen molar-refractivity contribution < 1.29 is 19.1 Å². The van der Waals surface area contributed by atoms with Gasteiger partial charge in [-0.2, -0.15) is 0 Å². The number of benzene rings is 1. The van der Waals surface area contributed by atoms with Crippen LogP contribution in [0.1, 0.15) is 149 Å². The lowest BCUT2D eigenvalue weighted by Crippen LogP contribution is -2.46. The minimum atomic E-state index is -0.987. The van der Waals surface area contributed by atoms with E-state index in [1.54, 1.807) is 18.2 Å². The van der Waals surface area contributed by atoms with E-state index in [1.165, 1.54) is 147 Å². The minimum Gasteiger partial charge on any atom is -0.479 e. The van der Waals surface area contributed by atoms with Gasteiger partial charge in [0.2, 0.25) is 0 Å². The number of aryl methyl sites for hydroxylation is 1. The molecule has 0 saturated carbocycles. The number of aliphatic carboxylic acids is 1. The fraction of sp³-hybridized carbons (Fsp3) is 0.800. The van der Waals surface area contributed by atoms with Gasteiger partial charge < -0.3 is 14.3 Å². The Morgan fingerprint density at radius 2 is 1.12 bits per heavy atom. The SMILES string of the molecule is CCCCCCCC[N+](C)(CCCCCCCC)CCCCCCCC.Cc1cc(Cl)ccc1OC(C)C(=O)O.Cl. The molecule has 0 aliphatic carbocycles. The second kappa shape index (κ2) is 27.8. The number of rotatable bonds is 24. The molecule has 1 aromatic carbocycles. The van der Waals surface area contributed by atoms with Gasteiger partial charge in [-0.05, 0) is 76.1 Å². The molecule has 1 N–H and O–H groups in total. The molecular weight excluding hydrogens is 553 g/mol. The summed E-state index contributed by atoms with van der Waals surface area (Å²) in [6, 6.07) is 5.06. The van der Waals surface area contributed by atoms with Crippen molar-refractivity contribution in [3.63, 3.8) is 0 Å². The number of nitrogens with zero attached hydrogens (tertiary/aromatic N) is 1. The van der Waals surface area contributed by atoms with E-state index in [2.05, 4.69) is 27.8 Å². The highest BCUT2D eigenvalue weighted by Crippen LogP contribution is 2.23. The number of carbonyl (C=O) groups is 1. The van der Waals surface area contributed by atoms with E-state index in [1.807, 2.05) is 6.92 Å². The predicted octanol–water partition coefficient (Wildman–Crippen LogP) is 11.4. The zero-order chi connectivity index (χ0) is 30.1. The molecule has 0 heterocycles. The minimum absolute atomic E-state index is 0. The van der Waals surface area contributed by atoms with Gasteiger partial charge in [0.25, 0.3) is 0 Å². The quantitative estimate of drug-likeness (QED) is 0.0925. The van der Waals surface area contributed by atoms with Crippen LogP contribution >= 0.6 is 24.0 Å². The van der Waals surface area contributed by atoms with Crippen molar-refractivity contribution in [2.24, 2.45) is 0 Å². The van der Waals surface area contributed by atoms with Gasteiger partial charge in [-0.15, -0.1) is 12.4 Å². The van der Waals surface area contributed by atoms with Gasteiger partial charge in [-0.3, -0.25) is 0 Å². The molecule has 0 saturated heterocycles. The van der Waals surface area contributed by atoms with E-state index in [4.69, 9.17) is 21.4 Å². The molecule has 1 rings (SSSR count). The summed E-state index contributed by atoms with van der Waals surface area (Å²) in [4.78, 5) is 10.5. The predicted molar refractivity (Wildman–Crippen MR) is 182 cm³/mol. The lowest BCUT2D eigenvalue weighted by atomic mass is 10.1. The normalized spacial score (nSPS) is 11.8. The molecule has 0 fully saturated rings. The Morgan fingerprint density at radius 3 is 1.46 bits per heavy atom. The van der Waals surface area contributed by atoms with Gasteiger partial charge in [0, 0.05) is 5.02 Å². The maximum atomic E-state index is 10.5. The highest BCUT2D eigenvalue weighted by atomic mass is 35.5. The van der Waals surface area contributed by atoms with E-state index in [0.29, 0.717) is 10.8 Å². The Labute approximate surface area is 266 Å². The van der Waals surface area contributed by atoms with Crippen LogP contribution in [0.3, 0.4) is 0 Å². The third-order valence-corrected chi connectivity index (χ3v) is 8.18. The molecule has 0 aromatic heterocycles. The first-order chi connectivity index (χ1) is 19.2. The Hall–Kier alpha value is -0.970. The van der Waals surface area contributed by atoms with E-state index in [0.717, 1.165) is 5.56 Å². The molecule has 41 heavy (non-hydrogen) atoms. The number of hydrogen-bond donors (Lipinski definition) is 1. The summed E-state index contributed by atoms with van der Waals surface area (Å²) in [5.74, 6) is -0.441. The molecule has 0 bridgehead atoms. The number of carboxylic acids is 1. The number of halogens is 2. The first kappa shape index (κ1) is 42.2. The molecule has 0 spiro atoms. The maximum absolute atomic E-state index is 10.5. The summed E-state index contributed by atoms with van der Waals surface area (Å²) in [5.41, 5.74) is 0.825. The van der Waals surface area contributed by atoms with Gasteiger partial charge in [-0.25, -0.2) is 4.79 Å². The van der Waals surface area contributed by atoms with Gasteiger partial charge in [0.1, 0.15) is 5.75 Å².